The maximum Gasteiger partial charge on any atom is 0.514 e. The first-order valence-corrected chi connectivity index (χ1v) is 10.1. The highest BCUT2D eigenvalue weighted by Gasteiger charge is 2.31. The second kappa shape index (κ2) is 10.6. The fraction of sp³-hybridized carbons (Fsp3) is 0.364. The highest BCUT2D eigenvalue weighted by molar-refractivity contribution is 5.65. The number of non-ortho nitro benzene ring substituents is 2. The second-order valence-electron chi connectivity index (χ2n) is 8.43. The van der Waals surface area contributed by atoms with E-state index in [2.05, 4.69) is 0 Å². The number of hydrogen-bond acceptors (Lipinski definition) is 10. The number of nitro groups is 2. The van der Waals surface area contributed by atoms with E-state index in [-0.39, 0.29) is 22.9 Å². The van der Waals surface area contributed by atoms with Crippen molar-refractivity contribution in [3.05, 3.63) is 68.8 Å². The normalized spacial score (nSPS) is 11.3. The SMILES string of the molecule is CC(C)(CCC(C)(C)OC(=O)Oc1ccc([N+](=O)[O-])cc1)OC(=O)Oc1ccc([N+](=O)[O-])cc1. The van der Waals surface area contributed by atoms with E-state index in [9.17, 15) is 29.8 Å². The Morgan fingerprint density at radius 1 is 0.676 bits per heavy atom. The van der Waals surface area contributed by atoms with E-state index < -0.39 is 33.4 Å². The summed E-state index contributed by atoms with van der Waals surface area (Å²) in [4.78, 5) is 44.4. The molecule has 12 nitrogen and oxygen atoms in total. The summed E-state index contributed by atoms with van der Waals surface area (Å²) in [7, 11) is 0. The zero-order valence-electron chi connectivity index (χ0n) is 19.0. The highest BCUT2D eigenvalue weighted by Crippen LogP contribution is 2.27. The van der Waals surface area contributed by atoms with Crippen LogP contribution in [0.2, 0.25) is 0 Å². The van der Waals surface area contributed by atoms with Crippen molar-refractivity contribution in [1.29, 1.82) is 0 Å². The van der Waals surface area contributed by atoms with Crippen molar-refractivity contribution in [3.8, 4) is 11.5 Å². The van der Waals surface area contributed by atoms with Crippen molar-refractivity contribution >= 4 is 23.7 Å². The number of nitrogens with zero attached hydrogens (tertiary/aromatic N) is 2. The molecule has 2 rings (SSSR count). The third kappa shape index (κ3) is 8.37. The van der Waals surface area contributed by atoms with E-state index in [4.69, 9.17) is 18.9 Å². The molecule has 0 atom stereocenters. The molecule has 0 amide bonds. The molecule has 182 valence electrons. The van der Waals surface area contributed by atoms with Crippen LogP contribution in [0, 0.1) is 20.2 Å². The largest absolute Gasteiger partial charge is 0.514 e. The zero-order valence-corrected chi connectivity index (χ0v) is 19.0. The molecule has 0 aromatic heterocycles. The number of carbonyl (C=O) groups excluding carboxylic acids is 2. The van der Waals surface area contributed by atoms with Gasteiger partial charge in [-0.25, -0.2) is 9.59 Å². The minimum Gasteiger partial charge on any atom is -0.428 e. The van der Waals surface area contributed by atoms with Gasteiger partial charge in [0.15, 0.2) is 0 Å². The number of ether oxygens (including phenoxy) is 4. The molecule has 34 heavy (non-hydrogen) atoms. The number of hydrogen-bond donors (Lipinski definition) is 0. The molecule has 12 heteroatoms. The van der Waals surface area contributed by atoms with Gasteiger partial charge in [-0.3, -0.25) is 20.2 Å². The molecule has 0 saturated carbocycles. The average Bonchev–Trinajstić information content (AvgIpc) is 2.72. The lowest BCUT2D eigenvalue weighted by Gasteiger charge is -2.30. The van der Waals surface area contributed by atoms with Crippen LogP contribution < -0.4 is 9.47 Å². The predicted octanol–water partition coefficient (Wildman–Crippen LogP) is 5.57. The zero-order chi connectivity index (χ0) is 25.5. The van der Waals surface area contributed by atoms with Gasteiger partial charge in [0.1, 0.15) is 22.7 Å². The first-order valence-electron chi connectivity index (χ1n) is 10.1. The molecule has 0 saturated heterocycles. The van der Waals surface area contributed by atoms with Gasteiger partial charge in [0.2, 0.25) is 0 Å². The van der Waals surface area contributed by atoms with Gasteiger partial charge in [0.25, 0.3) is 11.4 Å². The molecule has 0 heterocycles. The first kappa shape index (κ1) is 26.0. The van der Waals surface area contributed by atoms with E-state index in [1.807, 2.05) is 0 Å². The Balaban J connectivity index is 1.83. The van der Waals surface area contributed by atoms with E-state index in [1.165, 1.54) is 48.5 Å². The number of rotatable bonds is 9. The lowest BCUT2D eigenvalue weighted by Crippen LogP contribution is -2.35. The number of carbonyl (C=O) groups is 2. The summed E-state index contributed by atoms with van der Waals surface area (Å²) in [5.41, 5.74) is -2.26. The Morgan fingerprint density at radius 2 is 0.971 bits per heavy atom. The van der Waals surface area contributed by atoms with Crippen molar-refractivity contribution < 1.29 is 38.4 Å². The summed E-state index contributed by atoms with van der Waals surface area (Å²) in [5, 5.41) is 21.4. The van der Waals surface area contributed by atoms with Gasteiger partial charge in [-0.05, 0) is 64.8 Å². The van der Waals surface area contributed by atoms with Crippen LogP contribution in [0.3, 0.4) is 0 Å². The molecule has 0 bridgehead atoms. The van der Waals surface area contributed by atoms with E-state index in [1.54, 1.807) is 27.7 Å². The minimum atomic E-state index is -0.991. The van der Waals surface area contributed by atoms with Crippen molar-refractivity contribution in [2.75, 3.05) is 0 Å². The van der Waals surface area contributed by atoms with Crippen LogP contribution in [0.15, 0.2) is 48.5 Å². The smallest absolute Gasteiger partial charge is 0.428 e. The highest BCUT2D eigenvalue weighted by atomic mass is 16.7. The lowest BCUT2D eigenvalue weighted by atomic mass is 9.94. The summed E-state index contributed by atoms with van der Waals surface area (Å²) in [6.07, 6.45) is -1.40. The molecule has 0 aliphatic heterocycles. The van der Waals surface area contributed by atoms with Crippen LogP contribution in [0.1, 0.15) is 40.5 Å². The summed E-state index contributed by atoms with van der Waals surface area (Å²) in [5.74, 6) is 0.174. The lowest BCUT2D eigenvalue weighted by molar-refractivity contribution is -0.385. The van der Waals surface area contributed by atoms with Crippen molar-refractivity contribution in [1.82, 2.24) is 0 Å². The quantitative estimate of drug-likeness (QED) is 0.194. The number of nitro benzene ring substituents is 2. The maximum absolute atomic E-state index is 12.1. The van der Waals surface area contributed by atoms with Gasteiger partial charge in [0.05, 0.1) is 9.85 Å². The van der Waals surface area contributed by atoms with Gasteiger partial charge >= 0.3 is 12.3 Å². The summed E-state index contributed by atoms with van der Waals surface area (Å²) < 4.78 is 20.7. The molecule has 0 spiro atoms. The second-order valence-corrected chi connectivity index (χ2v) is 8.43. The molecule has 0 fully saturated rings. The summed E-state index contributed by atoms with van der Waals surface area (Å²) in [6, 6.07) is 9.90. The molecule has 2 aromatic rings. The molecular weight excluding hydrogens is 452 g/mol. The van der Waals surface area contributed by atoms with Crippen molar-refractivity contribution in [2.24, 2.45) is 0 Å². The van der Waals surface area contributed by atoms with E-state index in [0.29, 0.717) is 12.8 Å². The minimum absolute atomic E-state index is 0.0871. The Kier molecular flexibility index (Phi) is 8.12. The summed E-state index contributed by atoms with van der Waals surface area (Å²) >= 11 is 0. The van der Waals surface area contributed by atoms with E-state index in [0.717, 1.165) is 0 Å². The van der Waals surface area contributed by atoms with Gasteiger partial charge in [0, 0.05) is 24.3 Å². The van der Waals surface area contributed by atoms with Gasteiger partial charge < -0.3 is 18.9 Å². The topological polar surface area (TPSA) is 157 Å². The van der Waals surface area contributed by atoms with Crippen LogP contribution in [0.4, 0.5) is 21.0 Å². The van der Waals surface area contributed by atoms with Crippen LogP contribution >= 0.6 is 0 Å². The summed E-state index contributed by atoms with van der Waals surface area (Å²) in [6.45, 7) is 6.59. The average molecular weight is 476 g/mol. The van der Waals surface area contributed by atoms with E-state index >= 15 is 0 Å². The fourth-order valence-corrected chi connectivity index (χ4v) is 2.66. The van der Waals surface area contributed by atoms with Gasteiger partial charge in [-0.1, -0.05) is 0 Å². The molecule has 0 aliphatic rings. The Morgan fingerprint density at radius 3 is 1.24 bits per heavy atom. The first-order chi connectivity index (χ1) is 15.8. The third-order valence-electron chi connectivity index (χ3n) is 4.55. The standard InChI is InChI=1S/C22H24N2O10/c1-21(2,33-19(25)31-17-9-5-15(6-10-17)23(27)28)13-14-22(3,4)34-20(26)32-18-11-7-16(8-12-18)24(29)30/h5-12H,13-14H2,1-4H3. The Bertz CT molecular complexity index is 961. The molecule has 0 unspecified atom stereocenters. The van der Waals surface area contributed by atoms with Crippen molar-refractivity contribution in [2.45, 2.75) is 51.7 Å². The molecule has 0 N–H and O–H groups in total. The molecule has 2 aromatic carbocycles. The van der Waals surface area contributed by atoms with Gasteiger partial charge in [-0.2, -0.15) is 0 Å². The van der Waals surface area contributed by atoms with Gasteiger partial charge in [-0.15, -0.1) is 0 Å². The van der Waals surface area contributed by atoms with Crippen LogP contribution in [-0.4, -0.2) is 33.4 Å². The third-order valence-corrected chi connectivity index (χ3v) is 4.55. The van der Waals surface area contributed by atoms with Crippen LogP contribution in [0.25, 0.3) is 0 Å². The predicted molar refractivity (Wildman–Crippen MR) is 118 cm³/mol. The maximum atomic E-state index is 12.1. The Hall–Kier alpha value is -4.22. The van der Waals surface area contributed by atoms with Crippen molar-refractivity contribution in [3.63, 3.8) is 0 Å². The Labute approximate surface area is 194 Å². The van der Waals surface area contributed by atoms with Crippen LogP contribution in [-0.2, 0) is 9.47 Å². The number of benzene rings is 2. The fourth-order valence-electron chi connectivity index (χ4n) is 2.66. The molecule has 0 radical (unpaired) electrons. The molecular formula is C22H24N2O10. The monoisotopic (exact) mass is 476 g/mol. The van der Waals surface area contributed by atoms with Crippen LogP contribution in [0.5, 0.6) is 11.5 Å². The molecule has 0 aliphatic carbocycles.